The van der Waals surface area contributed by atoms with Crippen LogP contribution in [0, 0.1) is 6.92 Å². The van der Waals surface area contributed by atoms with Gasteiger partial charge in [0, 0.05) is 94.7 Å². The smallest absolute Gasteiger partial charge is 0.328 e. The Hall–Kier alpha value is -5.83. The molecule has 0 unspecified atom stereocenters. The van der Waals surface area contributed by atoms with Crippen LogP contribution in [0.4, 0.5) is 16.3 Å². The number of aliphatic hydroxyl groups is 1. The minimum Gasteiger partial charge on any atom is -0.484 e. The van der Waals surface area contributed by atoms with E-state index in [0.717, 1.165) is 105 Å². The number of aliphatic hydroxyl groups excluding tert-OH is 1. The maximum absolute atomic E-state index is 12.9. The number of nitrogens with one attached hydrogen (secondary N) is 1. The summed E-state index contributed by atoms with van der Waals surface area (Å²) in [6.07, 6.45) is 7.19. The molecule has 0 radical (unpaired) electrons. The highest BCUT2D eigenvalue weighted by Crippen LogP contribution is 2.34. The lowest BCUT2D eigenvalue weighted by Gasteiger charge is -2.35. The molecule has 4 amide bonds. The Morgan fingerprint density at radius 3 is 2.23 bits per heavy atom. The van der Waals surface area contributed by atoms with Crippen molar-refractivity contribution in [2.24, 2.45) is 0 Å². The SMILES string of the molecule is Cc1nn2c(N3CCN(CCO)CC3)cc(-c3ccccc3)nc2c1-c1cccc(CCCCCCCN2CCN(C(=O)COc3ccc(N4CCC(=O)NC4=O)cc3)CC2)c1. The Labute approximate surface area is 364 Å². The van der Waals surface area contributed by atoms with E-state index in [2.05, 4.69) is 81.5 Å². The number of ether oxygens (including phenoxy) is 1. The Bertz CT molecular complexity index is 2300. The molecule has 8 rings (SSSR count). The number of anilines is 2. The van der Waals surface area contributed by atoms with E-state index in [4.69, 9.17) is 14.8 Å². The van der Waals surface area contributed by atoms with Crippen LogP contribution in [0.25, 0.3) is 28.0 Å². The lowest BCUT2D eigenvalue weighted by atomic mass is 9.99. The number of benzene rings is 3. The van der Waals surface area contributed by atoms with Gasteiger partial charge in [-0.1, -0.05) is 73.9 Å². The molecule has 0 saturated carbocycles. The third-order valence-electron chi connectivity index (χ3n) is 12.4. The van der Waals surface area contributed by atoms with E-state index in [1.54, 1.807) is 24.3 Å². The fourth-order valence-corrected chi connectivity index (χ4v) is 8.84. The van der Waals surface area contributed by atoms with Gasteiger partial charge in [-0.25, -0.2) is 9.78 Å². The molecular weight excluding hydrogens is 783 g/mol. The van der Waals surface area contributed by atoms with E-state index >= 15 is 0 Å². The van der Waals surface area contributed by atoms with Crippen LogP contribution in [0.2, 0.25) is 0 Å². The fourth-order valence-electron chi connectivity index (χ4n) is 8.84. The summed E-state index contributed by atoms with van der Waals surface area (Å²) in [4.78, 5) is 52.3. The highest BCUT2D eigenvalue weighted by molar-refractivity contribution is 6.05. The molecule has 326 valence electrons. The predicted octanol–water partition coefficient (Wildman–Crippen LogP) is 5.65. The number of piperazine rings is 2. The van der Waals surface area contributed by atoms with Crippen molar-refractivity contribution in [2.75, 3.05) is 95.0 Å². The van der Waals surface area contributed by atoms with Crippen LogP contribution in [-0.4, -0.2) is 137 Å². The second-order valence-electron chi connectivity index (χ2n) is 16.6. The Morgan fingerprint density at radius 1 is 0.758 bits per heavy atom. The first-order valence-electron chi connectivity index (χ1n) is 22.3. The standard InChI is InChI=1S/C48H59N9O5/c1-36-46(47-49-42(38-13-7-5-8-14-38)34-44(57(47)51-36)54-27-23-53(24-28-54)31-32-58)39-15-10-12-37(33-39)11-6-3-2-4-9-21-52-25-29-55(30-26-52)45(60)35-62-41-18-16-40(17-19-41)56-22-20-43(59)50-48(56)61/h5,7-8,10,12-19,33-34,58H,2-4,6,9,11,20-32,35H2,1H3,(H,50,59,61). The fraction of sp³-hybridized carbons (Fsp3) is 0.438. The van der Waals surface area contributed by atoms with Crippen molar-refractivity contribution in [1.29, 1.82) is 0 Å². The van der Waals surface area contributed by atoms with E-state index in [0.29, 0.717) is 37.6 Å². The van der Waals surface area contributed by atoms with E-state index in [1.165, 1.54) is 29.7 Å². The topological polar surface area (TPSA) is 139 Å². The molecule has 0 atom stereocenters. The van der Waals surface area contributed by atoms with E-state index in [9.17, 15) is 19.5 Å². The molecule has 62 heavy (non-hydrogen) atoms. The number of aromatic nitrogens is 3. The normalized spacial score (nSPS) is 16.6. The number of amides is 4. The van der Waals surface area contributed by atoms with Crippen LogP contribution in [-0.2, 0) is 16.0 Å². The molecular formula is C48H59N9O5. The zero-order valence-corrected chi connectivity index (χ0v) is 35.9. The van der Waals surface area contributed by atoms with Crippen molar-refractivity contribution in [2.45, 2.75) is 51.9 Å². The highest BCUT2D eigenvalue weighted by atomic mass is 16.5. The van der Waals surface area contributed by atoms with Gasteiger partial charge in [-0.2, -0.15) is 9.61 Å². The minimum absolute atomic E-state index is 0.0227. The van der Waals surface area contributed by atoms with Gasteiger partial charge in [0.1, 0.15) is 11.6 Å². The second-order valence-corrected chi connectivity index (χ2v) is 16.6. The number of rotatable bonds is 17. The van der Waals surface area contributed by atoms with Crippen molar-refractivity contribution < 1.29 is 24.2 Å². The maximum Gasteiger partial charge on any atom is 0.328 e. The summed E-state index contributed by atoms with van der Waals surface area (Å²) in [6.45, 7) is 11.0. The van der Waals surface area contributed by atoms with Crippen molar-refractivity contribution in [3.8, 4) is 28.1 Å². The number of β-amino-alcohol motifs (C(OH)–C–C–N with tert-alkyl or cyclic N) is 1. The number of imide groups is 1. The summed E-state index contributed by atoms with van der Waals surface area (Å²) >= 11 is 0. The third-order valence-corrected chi connectivity index (χ3v) is 12.4. The molecule has 14 heteroatoms. The average molecular weight is 842 g/mol. The molecule has 5 aromatic rings. The van der Waals surface area contributed by atoms with Gasteiger partial charge >= 0.3 is 6.03 Å². The summed E-state index contributed by atoms with van der Waals surface area (Å²) in [5.74, 6) is 1.32. The number of hydrogen-bond acceptors (Lipinski definition) is 10. The number of fused-ring (bicyclic) bond motifs is 1. The molecule has 3 saturated heterocycles. The van der Waals surface area contributed by atoms with E-state index in [-0.39, 0.29) is 31.4 Å². The average Bonchev–Trinajstić information content (AvgIpc) is 3.64. The largest absolute Gasteiger partial charge is 0.484 e. The first kappa shape index (κ1) is 42.8. The zero-order chi connectivity index (χ0) is 42.8. The highest BCUT2D eigenvalue weighted by Gasteiger charge is 2.26. The number of carbonyl (C=O) groups excluding carboxylic acids is 3. The van der Waals surface area contributed by atoms with Gasteiger partial charge in [0.05, 0.1) is 18.0 Å². The molecule has 14 nitrogen and oxygen atoms in total. The van der Waals surface area contributed by atoms with Gasteiger partial charge in [0.15, 0.2) is 12.3 Å². The molecule has 0 bridgehead atoms. The molecule has 3 aliphatic heterocycles. The Balaban J connectivity index is 0.773. The lowest BCUT2D eigenvalue weighted by Crippen LogP contribution is -2.50. The monoisotopic (exact) mass is 841 g/mol. The van der Waals surface area contributed by atoms with E-state index in [1.807, 2.05) is 15.5 Å². The van der Waals surface area contributed by atoms with Crippen LogP contribution in [0.15, 0.2) is 84.9 Å². The number of aryl methyl sites for hydroxylation is 2. The van der Waals surface area contributed by atoms with Gasteiger partial charge < -0.3 is 19.6 Å². The molecule has 2 aromatic heterocycles. The first-order chi connectivity index (χ1) is 30.3. The lowest BCUT2D eigenvalue weighted by molar-refractivity contribution is -0.135. The van der Waals surface area contributed by atoms with Gasteiger partial charge in [-0.15, -0.1) is 0 Å². The van der Waals surface area contributed by atoms with Crippen LogP contribution in [0.1, 0.15) is 49.8 Å². The maximum atomic E-state index is 12.9. The predicted molar refractivity (Wildman–Crippen MR) is 242 cm³/mol. The van der Waals surface area contributed by atoms with Crippen molar-refractivity contribution in [3.63, 3.8) is 0 Å². The minimum atomic E-state index is -0.428. The number of carbonyl (C=O) groups is 3. The van der Waals surface area contributed by atoms with Crippen molar-refractivity contribution in [1.82, 2.24) is 34.6 Å². The molecule has 0 aliphatic carbocycles. The van der Waals surface area contributed by atoms with Gasteiger partial charge in [-0.05, 0) is 68.1 Å². The molecule has 3 fully saturated rings. The molecule has 3 aliphatic rings. The van der Waals surface area contributed by atoms with Crippen LogP contribution in [0.5, 0.6) is 5.75 Å². The van der Waals surface area contributed by atoms with Gasteiger partial charge in [0.2, 0.25) is 5.91 Å². The summed E-state index contributed by atoms with van der Waals surface area (Å²) < 4.78 is 7.81. The van der Waals surface area contributed by atoms with Crippen LogP contribution < -0.4 is 19.9 Å². The van der Waals surface area contributed by atoms with Crippen LogP contribution >= 0.6 is 0 Å². The molecule has 3 aromatic carbocycles. The molecule has 5 heterocycles. The van der Waals surface area contributed by atoms with Crippen molar-refractivity contribution in [3.05, 3.63) is 96.2 Å². The molecule has 2 N–H and O–H groups in total. The first-order valence-corrected chi connectivity index (χ1v) is 22.3. The number of urea groups is 1. The second kappa shape index (κ2) is 20.4. The zero-order valence-electron chi connectivity index (χ0n) is 35.9. The summed E-state index contributed by atoms with van der Waals surface area (Å²) in [5, 5.41) is 16.9. The van der Waals surface area contributed by atoms with Gasteiger partial charge in [0.25, 0.3) is 5.91 Å². The number of hydrogen-bond donors (Lipinski definition) is 2. The summed E-state index contributed by atoms with van der Waals surface area (Å²) in [5.41, 5.74) is 8.11. The number of nitrogens with zero attached hydrogens (tertiary/aromatic N) is 8. The summed E-state index contributed by atoms with van der Waals surface area (Å²) in [7, 11) is 0. The number of unbranched alkanes of at least 4 members (excludes halogenated alkanes) is 4. The quantitative estimate of drug-likeness (QED) is 0.113. The van der Waals surface area contributed by atoms with Crippen LogP contribution in [0.3, 0.4) is 0 Å². The Morgan fingerprint density at radius 2 is 1.47 bits per heavy atom. The van der Waals surface area contributed by atoms with E-state index < -0.39 is 6.03 Å². The Kier molecular flexibility index (Phi) is 14.1. The van der Waals surface area contributed by atoms with Gasteiger partial charge in [-0.3, -0.25) is 29.6 Å². The van der Waals surface area contributed by atoms with Crippen molar-refractivity contribution >= 4 is 35.0 Å². The third kappa shape index (κ3) is 10.4. The summed E-state index contributed by atoms with van der Waals surface area (Å²) in [6, 6.07) is 28.1. The molecule has 0 spiro atoms.